The first-order chi connectivity index (χ1) is 11.6. The molecule has 0 saturated heterocycles. The minimum Gasteiger partial charge on any atom is -0.481 e. The molecule has 5 nitrogen and oxygen atoms in total. The summed E-state index contributed by atoms with van der Waals surface area (Å²) in [7, 11) is 0. The van der Waals surface area contributed by atoms with Gasteiger partial charge in [0.05, 0.1) is 12.0 Å². The smallest absolute Gasteiger partial charge is 0.328 e. The van der Waals surface area contributed by atoms with Crippen LogP contribution in [0.3, 0.4) is 0 Å². The molecule has 3 N–H and O–H groups in total. The molecule has 0 aliphatic heterocycles. The van der Waals surface area contributed by atoms with Crippen LogP contribution in [-0.4, -0.2) is 33.9 Å². The topological polar surface area (TPSA) is 94.8 Å². The summed E-state index contributed by atoms with van der Waals surface area (Å²) in [6, 6.07) is 0. The number of carboxylic acids is 2. The molecule has 0 amide bonds. The normalized spacial score (nSPS) is 36.0. The van der Waals surface area contributed by atoms with Crippen LogP contribution in [0.2, 0.25) is 0 Å². The number of carboxylic acid groups (broad SMARTS) is 2. The summed E-state index contributed by atoms with van der Waals surface area (Å²) in [6.07, 6.45) is 6.53. The number of rotatable bonds is 6. The van der Waals surface area contributed by atoms with Crippen LogP contribution in [0.4, 0.5) is 0 Å². The molecule has 0 aromatic heterocycles. The Morgan fingerprint density at radius 3 is 2.52 bits per heavy atom. The van der Waals surface area contributed by atoms with Crippen molar-refractivity contribution in [2.45, 2.75) is 58.8 Å². The molecular formula is C20H30O5. The molecule has 4 atom stereocenters. The minimum absolute atomic E-state index is 0.0998. The number of aliphatic hydroxyl groups excluding tert-OH is 1. The zero-order chi connectivity index (χ0) is 18.8. The minimum atomic E-state index is -1.05. The van der Waals surface area contributed by atoms with E-state index in [-0.39, 0.29) is 23.9 Å². The summed E-state index contributed by atoms with van der Waals surface area (Å²) >= 11 is 0. The van der Waals surface area contributed by atoms with E-state index in [9.17, 15) is 19.8 Å². The van der Waals surface area contributed by atoms with Gasteiger partial charge in [0.1, 0.15) is 0 Å². The number of fused-ring (bicyclic) bond motifs is 1. The van der Waals surface area contributed by atoms with Gasteiger partial charge in [-0.2, -0.15) is 0 Å². The van der Waals surface area contributed by atoms with E-state index < -0.39 is 17.4 Å². The molecule has 0 radical (unpaired) electrons. The van der Waals surface area contributed by atoms with Gasteiger partial charge >= 0.3 is 11.9 Å². The zero-order valence-electron chi connectivity index (χ0n) is 15.3. The fraction of sp³-hybridized carbons (Fsp3) is 0.700. The molecule has 0 aromatic carbocycles. The molecule has 25 heavy (non-hydrogen) atoms. The fourth-order valence-electron chi connectivity index (χ4n) is 5.44. The first kappa shape index (κ1) is 19.7. The van der Waals surface area contributed by atoms with E-state index in [1.807, 2.05) is 6.92 Å². The van der Waals surface area contributed by atoms with E-state index in [1.165, 1.54) is 0 Å². The summed E-state index contributed by atoms with van der Waals surface area (Å²) in [6.45, 7) is 8.05. The molecule has 2 aliphatic carbocycles. The maximum absolute atomic E-state index is 12.0. The predicted octanol–water partition coefficient (Wildman–Crippen LogP) is 3.63. The molecule has 2 aliphatic rings. The molecule has 0 heterocycles. The second-order valence-corrected chi connectivity index (χ2v) is 8.22. The highest BCUT2D eigenvalue weighted by atomic mass is 16.4. The summed E-state index contributed by atoms with van der Waals surface area (Å²) in [5, 5.41) is 28.1. The average Bonchev–Trinajstić information content (AvgIpc) is 2.52. The van der Waals surface area contributed by atoms with Crippen LogP contribution in [0.1, 0.15) is 58.8 Å². The summed E-state index contributed by atoms with van der Waals surface area (Å²) in [5.41, 5.74) is 0.802. The third-order valence-corrected chi connectivity index (χ3v) is 6.79. The largest absolute Gasteiger partial charge is 0.481 e. The molecular weight excluding hydrogens is 320 g/mol. The van der Waals surface area contributed by atoms with Crippen molar-refractivity contribution in [2.75, 3.05) is 6.61 Å². The highest BCUT2D eigenvalue weighted by Crippen LogP contribution is 2.62. The SMILES string of the molecule is C=C1CC[C@@H]2[C@](C)(CCC[C@]2(C)C(=O)O)[C@H]1CC/C(=C/C(=O)O)CO. The van der Waals surface area contributed by atoms with E-state index in [2.05, 4.69) is 13.5 Å². The van der Waals surface area contributed by atoms with Crippen LogP contribution in [0, 0.1) is 22.7 Å². The van der Waals surface area contributed by atoms with Gasteiger partial charge < -0.3 is 15.3 Å². The van der Waals surface area contributed by atoms with Gasteiger partial charge in [-0.15, -0.1) is 0 Å². The van der Waals surface area contributed by atoms with Crippen molar-refractivity contribution < 1.29 is 24.9 Å². The fourth-order valence-corrected chi connectivity index (χ4v) is 5.44. The van der Waals surface area contributed by atoms with E-state index in [0.29, 0.717) is 24.8 Å². The van der Waals surface area contributed by atoms with Gasteiger partial charge in [-0.05, 0) is 68.3 Å². The number of hydrogen-bond acceptors (Lipinski definition) is 3. The molecule has 0 unspecified atom stereocenters. The Morgan fingerprint density at radius 2 is 1.96 bits per heavy atom. The molecule has 140 valence electrons. The molecule has 5 heteroatoms. The first-order valence-corrected chi connectivity index (χ1v) is 9.09. The van der Waals surface area contributed by atoms with Gasteiger partial charge in [0.2, 0.25) is 0 Å². The second-order valence-electron chi connectivity index (χ2n) is 8.22. The van der Waals surface area contributed by atoms with Gasteiger partial charge in [0.15, 0.2) is 0 Å². The van der Waals surface area contributed by atoms with Crippen molar-refractivity contribution in [3.8, 4) is 0 Å². The molecule has 0 aromatic rings. The van der Waals surface area contributed by atoms with Gasteiger partial charge in [-0.25, -0.2) is 4.79 Å². The third-order valence-electron chi connectivity index (χ3n) is 6.79. The van der Waals surface area contributed by atoms with Crippen molar-refractivity contribution in [1.82, 2.24) is 0 Å². The van der Waals surface area contributed by atoms with Gasteiger partial charge in [0, 0.05) is 6.08 Å². The van der Waals surface area contributed by atoms with Crippen molar-refractivity contribution >= 4 is 11.9 Å². The van der Waals surface area contributed by atoms with E-state index in [4.69, 9.17) is 5.11 Å². The predicted molar refractivity (Wildman–Crippen MR) is 95.1 cm³/mol. The second kappa shape index (κ2) is 7.32. The third kappa shape index (κ3) is 3.66. The molecule has 0 spiro atoms. The van der Waals surface area contributed by atoms with E-state index >= 15 is 0 Å². The Kier molecular flexibility index (Phi) is 5.77. The van der Waals surface area contributed by atoms with Crippen molar-refractivity contribution in [3.63, 3.8) is 0 Å². The van der Waals surface area contributed by atoms with Crippen LogP contribution in [0.25, 0.3) is 0 Å². The maximum atomic E-state index is 12.0. The van der Waals surface area contributed by atoms with Crippen molar-refractivity contribution in [1.29, 1.82) is 0 Å². The lowest BCUT2D eigenvalue weighted by Gasteiger charge is -2.57. The maximum Gasteiger partial charge on any atom is 0.328 e. The Hall–Kier alpha value is -1.62. The average molecular weight is 350 g/mol. The van der Waals surface area contributed by atoms with Gasteiger partial charge in [-0.3, -0.25) is 4.79 Å². The van der Waals surface area contributed by atoms with Crippen LogP contribution < -0.4 is 0 Å². The summed E-state index contributed by atoms with van der Waals surface area (Å²) < 4.78 is 0. The van der Waals surface area contributed by atoms with Gasteiger partial charge in [0.25, 0.3) is 0 Å². The van der Waals surface area contributed by atoms with E-state index in [1.54, 1.807) is 0 Å². The number of carbonyl (C=O) groups is 2. The number of aliphatic hydroxyl groups is 1. The highest BCUT2D eigenvalue weighted by molar-refractivity contribution is 5.80. The highest BCUT2D eigenvalue weighted by Gasteiger charge is 2.57. The van der Waals surface area contributed by atoms with Crippen LogP contribution >= 0.6 is 0 Å². The summed E-state index contributed by atoms with van der Waals surface area (Å²) in [4.78, 5) is 22.8. The zero-order valence-corrected chi connectivity index (χ0v) is 15.3. The van der Waals surface area contributed by atoms with Gasteiger partial charge in [-0.1, -0.05) is 25.5 Å². The molecule has 0 bridgehead atoms. The van der Waals surface area contributed by atoms with Crippen LogP contribution in [-0.2, 0) is 9.59 Å². The molecule has 2 saturated carbocycles. The summed E-state index contributed by atoms with van der Waals surface area (Å²) in [5.74, 6) is -1.50. The lowest BCUT2D eigenvalue weighted by molar-refractivity contribution is -0.164. The Balaban J connectivity index is 2.26. The number of hydrogen-bond donors (Lipinski definition) is 3. The Labute approximate surface area is 149 Å². The number of allylic oxidation sites excluding steroid dienone is 1. The van der Waals surface area contributed by atoms with Crippen LogP contribution in [0.15, 0.2) is 23.8 Å². The molecule has 2 rings (SSSR count). The van der Waals surface area contributed by atoms with E-state index in [0.717, 1.165) is 37.3 Å². The Morgan fingerprint density at radius 1 is 1.28 bits per heavy atom. The van der Waals surface area contributed by atoms with Crippen LogP contribution in [0.5, 0.6) is 0 Å². The quantitative estimate of drug-likeness (QED) is 0.502. The van der Waals surface area contributed by atoms with Crippen molar-refractivity contribution in [2.24, 2.45) is 22.7 Å². The lowest BCUT2D eigenvalue weighted by Crippen LogP contribution is -2.53. The standard InChI is InChI=1S/C20H30O5/c1-13-5-8-16-19(2,9-4-10-20(16,3)18(24)25)15(13)7-6-14(12-21)11-17(22)23/h11,15-16,21H,1,4-10,12H2,2-3H3,(H,22,23)(H,24,25)/b14-11-/t15-,16+,19+,20-/m0/s1. The first-order valence-electron chi connectivity index (χ1n) is 9.09. The number of aliphatic carboxylic acids is 2. The monoisotopic (exact) mass is 350 g/mol. The lowest BCUT2D eigenvalue weighted by atomic mass is 9.46. The molecule has 2 fully saturated rings. The van der Waals surface area contributed by atoms with Crippen molar-refractivity contribution in [3.05, 3.63) is 23.8 Å². The Bertz CT molecular complexity index is 593.